The molecule has 0 aromatic rings. The van der Waals surface area contributed by atoms with Crippen LogP contribution in [-0.4, -0.2) is 99.3 Å². The van der Waals surface area contributed by atoms with Crippen molar-refractivity contribution in [2.45, 2.75) is 48.0 Å². The summed E-state index contributed by atoms with van der Waals surface area (Å²) in [6, 6.07) is 0. The monoisotopic (exact) mass is 468 g/mol. The summed E-state index contributed by atoms with van der Waals surface area (Å²) in [5.41, 5.74) is -2.06. The lowest BCUT2D eigenvalue weighted by Crippen LogP contribution is -2.40. The molecule has 0 saturated heterocycles. The number of carbonyl (C=O) groups excluding carboxylic acids is 3. The highest BCUT2D eigenvalue weighted by Gasteiger charge is 2.34. The number of Topliss-reactive ketones (excluding diaryl/α,β-unsaturated/α-hetero) is 3. The molecule has 32 heavy (non-hydrogen) atoms. The third kappa shape index (κ3) is 12.1. The zero-order chi connectivity index (χ0) is 26.1. The zero-order valence-corrected chi connectivity index (χ0v) is 20.2. The minimum atomic E-state index is -1.12. The summed E-state index contributed by atoms with van der Waals surface area (Å²) < 4.78 is 0. The number of hydrogen-bond donors (Lipinski definition) is 7. The van der Waals surface area contributed by atoms with Crippen LogP contribution in [0.1, 0.15) is 48.0 Å². The van der Waals surface area contributed by atoms with Gasteiger partial charge in [-0.3, -0.25) is 14.4 Å². The number of rotatable bonds is 13. The van der Waals surface area contributed by atoms with Crippen LogP contribution < -0.4 is 0 Å². The molecule has 0 aromatic carbocycles. The van der Waals surface area contributed by atoms with Gasteiger partial charge in [-0.2, -0.15) is 0 Å². The molecule has 0 radical (unpaired) electrons. The van der Waals surface area contributed by atoms with E-state index in [0.29, 0.717) is 6.42 Å². The third-order valence-corrected chi connectivity index (χ3v) is 5.23. The maximum atomic E-state index is 11.4. The van der Waals surface area contributed by atoms with Crippen LogP contribution in [0.4, 0.5) is 0 Å². The van der Waals surface area contributed by atoms with Gasteiger partial charge in [-0.1, -0.05) is 27.7 Å². The van der Waals surface area contributed by atoms with Crippen molar-refractivity contribution in [1.82, 2.24) is 0 Å². The predicted molar refractivity (Wildman–Crippen MR) is 119 cm³/mol. The first-order valence-corrected chi connectivity index (χ1v) is 10.6. The fraction of sp³-hybridized carbons (Fsp3) is 0.864. The van der Waals surface area contributed by atoms with Gasteiger partial charge < -0.3 is 35.7 Å². The van der Waals surface area contributed by atoms with Gasteiger partial charge in [-0.25, -0.2) is 0 Å². The van der Waals surface area contributed by atoms with E-state index in [2.05, 4.69) is 0 Å². The summed E-state index contributed by atoms with van der Waals surface area (Å²) in [4.78, 5) is 33.3. The third-order valence-electron chi connectivity index (χ3n) is 5.23. The van der Waals surface area contributed by atoms with E-state index in [4.69, 9.17) is 35.7 Å². The predicted octanol–water partition coefficient (Wildman–Crippen LogP) is -1.06. The number of hydrogen-bond acceptors (Lipinski definition) is 10. The molecule has 0 amide bonds. The average Bonchev–Trinajstić information content (AvgIpc) is 2.85. The Balaban J connectivity index is -0.000000397. The standard InChI is InChI=1S/C8H16O4.2C7H14O3/c1-6(3-9)7(12)8(2,4-10)5-11;1-5(3-8)7(10)6(2)4-9;1-3-6(10)7(2,4-8)5-9/h6,9-11H,3-5H2,1-2H3;5-6,8-9H,3-4H2,1-2H3;8-9H,3-5H2,1-2H3. The van der Waals surface area contributed by atoms with E-state index in [-0.39, 0.29) is 62.2 Å². The fourth-order valence-electron chi connectivity index (χ4n) is 2.20. The molecule has 0 aliphatic rings. The molecule has 192 valence electrons. The van der Waals surface area contributed by atoms with Crippen LogP contribution in [-0.2, 0) is 14.4 Å². The van der Waals surface area contributed by atoms with Crippen LogP contribution in [0, 0.1) is 28.6 Å². The van der Waals surface area contributed by atoms with Crippen molar-refractivity contribution in [3.63, 3.8) is 0 Å². The Labute approximate surface area is 190 Å². The molecular formula is C22H44O10. The van der Waals surface area contributed by atoms with Crippen molar-refractivity contribution in [3.8, 4) is 0 Å². The summed E-state index contributed by atoms with van der Waals surface area (Å²) in [5.74, 6) is -1.71. The second-order valence-corrected chi connectivity index (χ2v) is 8.55. The minimum Gasteiger partial charge on any atom is -0.396 e. The molecule has 0 heterocycles. The lowest BCUT2D eigenvalue weighted by molar-refractivity contribution is -0.137. The quantitative estimate of drug-likeness (QED) is 0.175. The molecule has 10 nitrogen and oxygen atoms in total. The van der Waals surface area contributed by atoms with E-state index in [1.807, 2.05) is 0 Å². The van der Waals surface area contributed by atoms with Crippen LogP contribution >= 0.6 is 0 Å². The number of aliphatic hydroxyl groups is 7. The Morgan fingerprint density at radius 3 is 1.12 bits per heavy atom. The molecule has 0 aliphatic heterocycles. The van der Waals surface area contributed by atoms with Crippen molar-refractivity contribution in [2.75, 3.05) is 46.2 Å². The SMILES string of the molecule is CC(CO)C(=O)C(C)(CO)CO.CC(CO)C(=O)C(C)CO.CCC(=O)C(C)(CO)CO. The van der Waals surface area contributed by atoms with Crippen molar-refractivity contribution >= 4 is 17.3 Å². The van der Waals surface area contributed by atoms with Crippen LogP contribution in [0.5, 0.6) is 0 Å². The lowest BCUT2D eigenvalue weighted by Gasteiger charge is -2.25. The van der Waals surface area contributed by atoms with Gasteiger partial charge in [0.25, 0.3) is 0 Å². The molecular weight excluding hydrogens is 424 g/mol. The van der Waals surface area contributed by atoms with E-state index in [0.717, 1.165) is 0 Å². The lowest BCUT2D eigenvalue weighted by atomic mass is 9.82. The largest absolute Gasteiger partial charge is 0.396 e. The van der Waals surface area contributed by atoms with Gasteiger partial charge in [0.05, 0.1) is 57.1 Å². The van der Waals surface area contributed by atoms with Gasteiger partial charge in [0, 0.05) is 24.2 Å². The van der Waals surface area contributed by atoms with Gasteiger partial charge in [-0.05, 0) is 13.8 Å². The molecule has 0 spiro atoms. The topological polar surface area (TPSA) is 193 Å². The molecule has 0 bridgehead atoms. The van der Waals surface area contributed by atoms with Gasteiger partial charge in [0.15, 0.2) is 0 Å². The number of aliphatic hydroxyl groups excluding tert-OH is 7. The Morgan fingerprint density at radius 1 is 0.625 bits per heavy atom. The molecule has 7 N–H and O–H groups in total. The molecule has 0 saturated carbocycles. The zero-order valence-electron chi connectivity index (χ0n) is 20.2. The average molecular weight is 469 g/mol. The Morgan fingerprint density at radius 2 is 0.938 bits per heavy atom. The first-order chi connectivity index (χ1) is 14.7. The second kappa shape index (κ2) is 18.2. The van der Waals surface area contributed by atoms with E-state index < -0.39 is 30.0 Å². The Bertz CT molecular complexity index is 513. The summed E-state index contributed by atoms with van der Waals surface area (Å²) in [6.45, 7) is 7.72. The first-order valence-electron chi connectivity index (χ1n) is 10.6. The summed E-state index contributed by atoms with van der Waals surface area (Å²) in [6.07, 6.45) is 0.359. The molecule has 10 heteroatoms. The van der Waals surface area contributed by atoms with Crippen molar-refractivity contribution < 1.29 is 50.1 Å². The summed E-state index contributed by atoms with van der Waals surface area (Å²) >= 11 is 0. The smallest absolute Gasteiger partial charge is 0.148 e. The summed E-state index contributed by atoms with van der Waals surface area (Å²) in [7, 11) is 0. The van der Waals surface area contributed by atoms with Crippen molar-refractivity contribution in [3.05, 3.63) is 0 Å². The van der Waals surface area contributed by atoms with Gasteiger partial charge in [0.2, 0.25) is 0 Å². The fourth-order valence-corrected chi connectivity index (χ4v) is 2.20. The van der Waals surface area contributed by atoms with Gasteiger partial charge in [-0.15, -0.1) is 0 Å². The van der Waals surface area contributed by atoms with Gasteiger partial charge >= 0.3 is 0 Å². The molecule has 0 fully saturated rings. The van der Waals surface area contributed by atoms with Crippen LogP contribution in [0.3, 0.4) is 0 Å². The molecule has 3 unspecified atom stereocenters. The molecule has 3 atom stereocenters. The molecule has 0 aliphatic carbocycles. The highest BCUT2D eigenvalue weighted by Crippen LogP contribution is 2.20. The highest BCUT2D eigenvalue weighted by atomic mass is 16.3. The summed E-state index contributed by atoms with van der Waals surface area (Å²) in [5, 5.41) is 60.9. The van der Waals surface area contributed by atoms with E-state index in [1.165, 1.54) is 6.92 Å². The van der Waals surface area contributed by atoms with Crippen LogP contribution in [0.25, 0.3) is 0 Å². The maximum absolute atomic E-state index is 11.4. The van der Waals surface area contributed by atoms with E-state index in [9.17, 15) is 14.4 Å². The highest BCUT2D eigenvalue weighted by molar-refractivity contribution is 5.86. The van der Waals surface area contributed by atoms with Crippen molar-refractivity contribution in [2.24, 2.45) is 28.6 Å². The minimum absolute atomic E-state index is 0.0787. The van der Waals surface area contributed by atoms with Crippen molar-refractivity contribution in [1.29, 1.82) is 0 Å². The van der Waals surface area contributed by atoms with Crippen LogP contribution in [0.15, 0.2) is 0 Å². The van der Waals surface area contributed by atoms with E-state index in [1.54, 1.807) is 34.6 Å². The number of carbonyl (C=O) groups is 3. The number of ketones is 3. The normalized spacial score (nSPS) is 14.2. The Hall–Kier alpha value is -1.27. The molecule has 0 aromatic heterocycles. The first kappa shape index (κ1) is 35.3. The second-order valence-electron chi connectivity index (χ2n) is 8.55. The Kier molecular flexibility index (Phi) is 20.1. The maximum Gasteiger partial charge on any atom is 0.148 e. The van der Waals surface area contributed by atoms with E-state index >= 15 is 0 Å². The van der Waals surface area contributed by atoms with Gasteiger partial charge in [0.1, 0.15) is 17.3 Å². The molecule has 0 rings (SSSR count). The van der Waals surface area contributed by atoms with Crippen LogP contribution in [0.2, 0.25) is 0 Å².